The summed E-state index contributed by atoms with van der Waals surface area (Å²) in [7, 11) is 3.12. The molecule has 0 aliphatic rings. The summed E-state index contributed by atoms with van der Waals surface area (Å²) in [4.78, 5) is 13.7. The first-order chi connectivity index (χ1) is 11.4. The smallest absolute Gasteiger partial charge is 0.238 e. The molecule has 7 heteroatoms. The van der Waals surface area contributed by atoms with Gasteiger partial charge in [-0.2, -0.15) is 0 Å². The number of rotatable bonds is 6. The lowest BCUT2D eigenvalue weighted by Crippen LogP contribution is -2.30. The predicted octanol–water partition coefficient (Wildman–Crippen LogP) is 3.81. The topological polar surface area (TPSA) is 41.6 Å². The molecule has 1 amide bonds. The molecule has 2 aromatic rings. The summed E-state index contributed by atoms with van der Waals surface area (Å²) in [5.74, 6) is -1.15. The van der Waals surface area contributed by atoms with E-state index < -0.39 is 11.6 Å². The third-order valence-electron chi connectivity index (χ3n) is 3.29. The van der Waals surface area contributed by atoms with Gasteiger partial charge in [-0.15, -0.1) is 0 Å². The largest absolute Gasteiger partial charge is 0.494 e. The molecule has 1 N–H and O–H groups in total. The monoisotopic (exact) mass is 398 g/mol. The van der Waals surface area contributed by atoms with Crippen LogP contribution < -0.4 is 10.1 Å². The molecular weight excluding hydrogens is 382 g/mol. The molecule has 2 aromatic carbocycles. The number of hydrogen-bond donors (Lipinski definition) is 1. The number of anilines is 1. The molecule has 0 bridgehead atoms. The van der Waals surface area contributed by atoms with Crippen LogP contribution in [0.1, 0.15) is 5.56 Å². The van der Waals surface area contributed by atoms with Gasteiger partial charge in [-0.3, -0.25) is 9.69 Å². The SMILES string of the molecule is COc1ccc(CN(C)CC(=O)Nc2ccc(Br)cc2F)cc1F. The van der Waals surface area contributed by atoms with E-state index in [0.717, 1.165) is 0 Å². The Kier molecular flexibility index (Phi) is 6.28. The van der Waals surface area contributed by atoms with E-state index in [2.05, 4.69) is 21.2 Å². The maximum Gasteiger partial charge on any atom is 0.238 e. The normalized spacial score (nSPS) is 10.8. The zero-order valence-electron chi connectivity index (χ0n) is 13.3. The molecule has 0 saturated heterocycles. The molecule has 0 saturated carbocycles. The number of amides is 1. The second-order valence-electron chi connectivity index (χ2n) is 5.31. The fourth-order valence-corrected chi connectivity index (χ4v) is 2.53. The van der Waals surface area contributed by atoms with Crippen molar-refractivity contribution in [3.05, 3.63) is 58.1 Å². The van der Waals surface area contributed by atoms with Crippen LogP contribution in [0.5, 0.6) is 5.75 Å². The summed E-state index contributed by atoms with van der Waals surface area (Å²) in [6, 6.07) is 9.03. The minimum absolute atomic E-state index is 0.0448. The van der Waals surface area contributed by atoms with E-state index in [4.69, 9.17) is 4.74 Å². The first-order valence-corrected chi connectivity index (χ1v) is 7.94. The Hall–Kier alpha value is -1.99. The van der Waals surface area contributed by atoms with Crippen LogP contribution >= 0.6 is 15.9 Å². The molecule has 0 aliphatic carbocycles. The van der Waals surface area contributed by atoms with E-state index in [1.54, 1.807) is 24.1 Å². The van der Waals surface area contributed by atoms with E-state index in [1.807, 2.05) is 0 Å². The van der Waals surface area contributed by atoms with Crippen molar-refractivity contribution >= 4 is 27.5 Å². The van der Waals surface area contributed by atoms with Crippen LogP contribution in [0.15, 0.2) is 40.9 Å². The molecule has 0 aromatic heterocycles. The zero-order valence-corrected chi connectivity index (χ0v) is 14.9. The van der Waals surface area contributed by atoms with Gasteiger partial charge in [0.25, 0.3) is 0 Å². The minimum atomic E-state index is -0.516. The fraction of sp³-hybridized carbons (Fsp3) is 0.235. The van der Waals surface area contributed by atoms with E-state index in [1.165, 1.54) is 31.4 Å². The molecule has 0 unspecified atom stereocenters. The molecule has 0 spiro atoms. The van der Waals surface area contributed by atoms with Crippen molar-refractivity contribution in [2.45, 2.75) is 6.54 Å². The van der Waals surface area contributed by atoms with Crippen LogP contribution in [-0.2, 0) is 11.3 Å². The number of methoxy groups -OCH3 is 1. The van der Waals surface area contributed by atoms with Crippen LogP contribution in [0.3, 0.4) is 0 Å². The van der Waals surface area contributed by atoms with Gasteiger partial charge < -0.3 is 10.1 Å². The Bertz CT molecular complexity index is 741. The van der Waals surface area contributed by atoms with Gasteiger partial charge in [0.2, 0.25) is 5.91 Å². The quantitative estimate of drug-likeness (QED) is 0.804. The highest BCUT2D eigenvalue weighted by Crippen LogP contribution is 2.20. The van der Waals surface area contributed by atoms with Crippen LogP contribution in [-0.4, -0.2) is 31.5 Å². The molecule has 0 radical (unpaired) electrons. The first kappa shape index (κ1) is 18.4. The van der Waals surface area contributed by atoms with Crippen molar-refractivity contribution in [1.82, 2.24) is 4.90 Å². The van der Waals surface area contributed by atoms with Gasteiger partial charge in [-0.05, 0) is 42.9 Å². The maximum absolute atomic E-state index is 13.7. The number of carbonyl (C=O) groups excluding carboxylic acids is 1. The Morgan fingerprint density at radius 3 is 2.58 bits per heavy atom. The molecule has 0 atom stereocenters. The van der Waals surface area contributed by atoms with Crippen LogP contribution in [0, 0.1) is 11.6 Å². The number of likely N-dealkylation sites (N-methyl/N-ethyl adjacent to an activating group) is 1. The zero-order chi connectivity index (χ0) is 17.7. The van der Waals surface area contributed by atoms with Crippen molar-refractivity contribution in [3.8, 4) is 5.75 Å². The van der Waals surface area contributed by atoms with Crippen LogP contribution in [0.4, 0.5) is 14.5 Å². The maximum atomic E-state index is 13.7. The van der Waals surface area contributed by atoms with Crippen LogP contribution in [0.25, 0.3) is 0 Å². The second kappa shape index (κ2) is 8.21. The highest BCUT2D eigenvalue weighted by molar-refractivity contribution is 9.10. The van der Waals surface area contributed by atoms with Gasteiger partial charge in [-0.25, -0.2) is 8.78 Å². The lowest BCUT2D eigenvalue weighted by Gasteiger charge is -2.17. The summed E-state index contributed by atoms with van der Waals surface area (Å²) >= 11 is 3.16. The summed E-state index contributed by atoms with van der Waals surface area (Å²) in [6.45, 7) is 0.417. The Morgan fingerprint density at radius 2 is 1.96 bits per heavy atom. The fourth-order valence-electron chi connectivity index (χ4n) is 2.20. The van der Waals surface area contributed by atoms with Gasteiger partial charge in [0.05, 0.1) is 19.3 Å². The lowest BCUT2D eigenvalue weighted by atomic mass is 10.2. The standard InChI is InChI=1S/C17H17BrF2N2O2/c1-22(9-11-3-6-16(24-2)14(20)7-11)10-17(23)21-15-5-4-12(18)8-13(15)19/h3-8H,9-10H2,1-2H3,(H,21,23). The van der Waals surface area contributed by atoms with Crippen molar-refractivity contribution in [3.63, 3.8) is 0 Å². The summed E-state index contributed by atoms with van der Waals surface area (Å²) < 4.78 is 32.8. The summed E-state index contributed by atoms with van der Waals surface area (Å²) in [5, 5.41) is 2.51. The number of carbonyl (C=O) groups is 1. The number of ether oxygens (including phenoxy) is 1. The van der Waals surface area contributed by atoms with Gasteiger partial charge in [0.1, 0.15) is 5.82 Å². The highest BCUT2D eigenvalue weighted by atomic mass is 79.9. The molecule has 0 heterocycles. The van der Waals surface area contributed by atoms with Crippen molar-refractivity contribution in [2.75, 3.05) is 26.0 Å². The van der Waals surface area contributed by atoms with Gasteiger partial charge >= 0.3 is 0 Å². The lowest BCUT2D eigenvalue weighted by molar-refractivity contribution is -0.117. The Morgan fingerprint density at radius 1 is 1.21 bits per heavy atom. The van der Waals surface area contributed by atoms with Crippen LogP contribution in [0.2, 0.25) is 0 Å². The molecular formula is C17H17BrF2N2O2. The summed E-state index contributed by atoms with van der Waals surface area (Å²) in [6.07, 6.45) is 0. The molecule has 0 aliphatic heterocycles. The van der Waals surface area contributed by atoms with Gasteiger partial charge in [0, 0.05) is 11.0 Å². The van der Waals surface area contributed by atoms with Crippen molar-refractivity contribution in [2.24, 2.45) is 0 Å². The average Bonchev–Trinajstić information content (AvgIpc) is 2.50. The molecule has 4 nitrogen and oxygen atoms in total. The number of nitrogens with zero attached hydrogens (tertiary/aromatic N) is 1. The Labute approximate surface area is 147 Å². The molecule has 2 rings (SSSR count). The Balaban J connectivity index is 1.92. The molecule has 128 valence electrons. The van der Waals surface area contributed by atoms with Crippen molar-refractivity contribution in [1.29, 1.82) is 0 Å². The predicted molar refractivity (Wildman–Crippen MR) is 92.0 cm³/mol. The number of nitrogens with one attached hydrogen (secondary N) is 1. The van der Waals surface area contributed by atoms with E-state index in [-0.39, 0.29) is 23.9 Å². The third kappa shape index (κ3) is 5.01. The van der Waals surface area contributed by atoms with Crippen molar-refractivity contribution < 1.29 is 18.3 Å². The van der Waals surface area contributed by atoms with E-state index in [0.29, 0.717) is 16.6 Å². The molecule has 24 heavy (non-hydrogen) atoms. The van der Waals surface area contributed by atoms with E-state index in [9.17, 15) is 13.6 Å². The molecule has 0 fully saturated rings. The van der Waals surface area contributed by atoms with Gasteiger partial charge in [0.15, 0.2) is 11.6 Å². The van der Waals surface area contributed by atoms with E-state index >= 15 is 0 Å². The van der Waals surface area contributed by atoms with Gasteiger partial charge in [-0.1, -0.05) is 22.0 Å². The first-order valence-electron chi connectivity index (χ1n) is 7.15. The average molecular weight is 399 g/mol. The number of hydrogen-bond acceptors (Lipinski definition) is 3. The summed E-state index contributed by atoms with van der Waals surface area (Å²) in [5.41, 5.74) is 0.825. The number of benzene rings is 2. The third-order valence-corrected chi connectivity index (χ3v) is 3.78. The number of halogens is 3. The second-order valence-corrected chi connectivity index (χ2v) is 6.23. The minimum Gasteiger partial charge on any atom is -0.494 e. The highest BCUT2D eigenvalue weighted by Gasteiger charge is 2.11.